The average Bonchev–Trinajstić information content (AvgIpc) is 2.79. The van der Waals surface area contributed by atoms with Crippen LogP contribution in [-0.2, 0) is 9.59 Å². The van der Waals surface area contributed by atoms with Crippen molar-refractivity contribution in [1.82, 2.24) is 9.96 Å². The molecule has 0 aromatic heterocycles. The second-order valence-electron chi connectivity index (χ2n) is 6.95. The number of nitrogens with zero attached hydrogens (tertiary/aromatic N) is 2. The maximum Gasteiger partial charge on any atom is 0.303 e. The fraction of sp³-hybridized carbons (Fsp3) is 0.562. The molecule has 1 fully saturated rings. The van der Waals surface area contributed by atoms with Gasteiger partial charge in [0.2, 0.25) is 0 Å². The van der Waals surface area contributed by atoms with E-state index >= 15 is 0 Å². The predicted octanol–water partition coefficient (Wildman–Crippen LogP) is 2.78. The minimum absolute atomic E-state index is 0.00194. The molecule has 1 amide bonds. The van der Waals surface area contributed by atoms with Crippen molar-refractivity contribution in [3.63, 3.8) is 0 Å². The van der Waals surface area contributed by atoms with Gasteiger partial charge >= 0.3 is 5.97 Å². The highest BCUT2D eigenvalue weighted by atomic mass is 32.2. The van der Waals surface area contributed by atoms with Gasteiger partial charge in [-0.3, -0.25) is 14.5 Å². The molecule has 2 aliphatic heterocycles. The smallest absolute Gasteiger partial charge is 0.303 e. The molecule has 0 saturated carbocycles. The Bertz CT molecular complexity index is 652. The van der Waals surface area contributed by atoms with Crippen LogP contribution in [0.15, 0.2) is 22.6 Å². The first-order valence-electron chi connectivity index (χ1n) is 7.66. The number of carbonyl (C=O) groups is 2. The van der Waals surface area contributed by atoms with Crippen LogP contribution in [0, 0.1) is 0 Å². The number of rotatable bonds is 5. The lowest BCUT2D eigenvalue weighted by Crippen LogP contribution is -2.47. The summed E-state index contributed by atoms with van der Waals surface area (Å²) in [6, 6.07) is 0. The number of aliphatic carboxylic acids is 1. The van der Waals surface area contributed by atoms with Crippen LogP contribution in [0.25, 0.3) is 0 Å². The number of carbonyl (C=O) groups excluding carboxylic acids is 1. The van der Waals surface area contributed by atoms with Crippen molar-refractivity contribution in [3.05, 3.63) is 22.6 Å². The first-order valence-corrected chi connectivity index (χ1v) is 8.89. The summed E-state index contributed by atoms with van der Waals surface area (Å²) < 4.78 is 0.438. The van der Waals surface area contributed by atoms with Crippen LogP contribution in [0.4, 0.5) is 0 Å². The molecule has 0 aromatic carbocycles. The van der Waals surface area contributed by atoms with Crippen LogP contribution < -0.4 is 0 Å². The van der Waals surface area contributed by atoms with Gasteiger partial charge in [-0.25, -0.2) is 0 Å². The summed E-state index contributed by atoms with van der Waals surface area (Å²) in [7, 11) is 0. The Morgan fingerprint density at radius 1 is 1.38 bits per heavy atom. The summed E-state index contributed by atoms with van der Waals surface area (Å²) in [5.74, 6) is -1.10. The van der Waals surface area contributed by atoms with Crippen molar-refractivity contribution in [1.29, 1.82) is 0 Å². The van der Waals surface area contributed by atoms with Gasteiger partial charge in [-0.05, 0) is 45.8 Å². The van der Waals surface area contributed by atoms with Crippen LogP contribution in [0.1, 0.15) is 40.5 Å². The molecule has 132 valence electrons. The highest BCUT2D eigenvalue weighted by molar-refractivity contribution is 8.26. The molecule has 2 heterocycles. The largest absolute Gasteiger partial charge is 0.481 e. The monoisotopic (exact) mass is 370 g/mol. The Kier molecular flexibility index (Phi) is 5.25. The minimum atomic E-state index is -0.890. The van der Waals surface area contributed by atoms with E-state index in [9.17, 15) is 14.8 Å². The number of amides is 1. The second-order valence-corrected chi connectivity index (χ2v) is 8.63. The predicted molar refractivity (Wildman–Crippen MR) is 96.7 cm³/mol. The molecular formula is C16H22N2O4S2. The Balaban J connectivity index is 2.18. The number of hydrogen-bond acceptors (Lipinski definition) is 6. The van der Waals surface area contributed by atoms with Crippen molar-refractivity contribution in [2.24, 2.45) is 0 Å². The third-order valence-electron chi connectivity index (χ3n) is 4.22. The zero-order valence-corrected chi connectivity index (χ0v) is 15.8. The summed E-state index contributed by atoms with van der Waals surface area (Å²) in [6.07, 6.45) is 4.07. The molecule has 24 heavy (non-hydrogen) atoms. The van der Waals surface area contributed by atoms with Crippen molar-refractivity contribution >= 4 is 40.2 Å². The molecule has 0 aliphatic carbocycles. The molecule has 1 saturated heterocycles. The topological polar surface area (TPSA) is 81.1 Å². The van der Waals surface area contributed by atoms with Gasteiger partial charge in [0.25, 0.3) is 5.91 Å². The van der Waals surface area contributed by atoms with Crippen molar-refractivity contribution in [3.8, 4) is 0 Å². The van der Waals surface area contributed by atoms with Crippen molar-refractivity contribution in [2.75, 3.05) is 6.54 Å². The van der Waals surface area contributed by atoms with Gasteiger partial charge in [0.1, 0.15) is 4.32 Å². The van der Waals surface area contributed by atoms with Gasteiger partial charge in [0, 0.05) is 13.0 Å². The van der Waals surface area contributed by atoms with Gasteiger partial charge in [0.05, 0.1) is 16.0 Å². The number of hydrogen-bond donors (Lipinski definition) is 2. The minimum Gasteiger partial charge on any atom is -0.481 e. The Morgan fingerprint density at radius 3 is 2.50 bits per heavy atom. The summed E-state index contributed by atoms with van der Waals surface area (Å²) in [4.78, 5) is 25.1. The molecule has 0 spiro atoms. The van der Waals surface area contributed by atoms with E-state index in [-0.39, 0.29) is 12.3 Å². The van der Waals surface area contributed by atoms with E-state index in [4.69, 9.17) is 17.3 Å². The third-order valence-corrected chi connectivity index (χ3v) is 5.60. The number of carboxylic acids is 1. The van der Waals surface area contributed by atoms with Gasteiger partial charge in [0.15, 0.2) is 0 Å². The molecule has 2 aliphatic rings. The number of thiocarbonyl (C=S) groups is 1. The van der Waals surface area contributed by atoms with Gasteiger partial charge in [-0.1, -0.05) is 30.1 Å². The molecule has 0 atom stereocenters. The molecule has 6 nitrogen and oxygen atoms in total. The highest BCUT2D eigenvalue weighted by Gasteiger charge is 2.45. The molecule has 0 aromatic rings. The first kappa shape index (κ1) is 19.1. The Labute approximate surface area is 151 Å². The number of carboxylic acid groups (broad SMARTS) is 1. The molecule has 0 radical (unpaired) electrons. The molecule has 8 heteroatoms. The normalized spacial score (nSPS) is 24.8. The maximum atomic E-state index is 12.5. The maximum absolute atomic E-state index is 12.5. The highest BCUT2D eigenvalue weighted by Crippen LogP contribution is 2.41. The Morgan fingerprint density at radius 2 is 2.00 bits per heavy atom. The summed E-state index contributed by atoms with van der Waals surface area (Å²) >= 11 is 6.45. The number of thioether (sulfide) groups is 1. The fourth-order valence-electron chi connectivity index (χ4n) is 2.90. The zero-order chi connectivity index (χ0) is 18.3. The molecular weight excluding hydrogens is 348 g/mol. The van der Waals surface area contributed by atoms with Crippen LogP contribution >= 0.6 is 24.0 Å². The fourth-order valence-corrected chi connectivity index (χ4v) is 4.20. The van der Waals surface area contributed by atoms with E-state index < -0.39 is 17.0 Å². The molecule has 2 rings (SSSR count). The Hall–Kier alpha value is -1.22. The van der Waals surface area contributed by atoms with Crippen LogP contribution in [0.2, 0.25) is 0 Å². The lowest BCUT2D eigenvalue weighted by atomic mass is 9.96. The van der Waals surface area contributed by atoms with E-state index in [2.05, 4.69) is 0 Å². The van der Waals surface area contributed by atoms with E-state index in [0.29, 0.717) is 22.2 Å². The molecule has 2 N–H and O–H groups in total. The van der Waals surface area contributed by atoms with E-state index in [0.717, 1.165) is 5.57 Å². The summed E-state index contributed by atoms with van der Waals surface area (Å²) in [6.45, 7) is 7.86. The third kappa shape index (κ3) is 3.56. The van der Waals surface area contributed by atoms with Crippen LogP contribution in [0.3, 0.4) is 0 Å². The zero-order valence-electron chi connectivity index (χ0n) is 14.2. The van der Waals surface area contributed by atoms with Gasteiger partial charge in [-0.15, -0.1) is 0 Å². The standard InChI is InChI=1S/C16H22N2O4S2/c1-15(2)9-10(16(3,4)18(15)22)8-11-13(21)17(14(23)24-11)7-5-6-12(19)20/h8-9,22H,5-7H2,1-4H3,(H,19,20). The van der Waals surface area contributed by atoms with E-state index in [1.165, 1.54) is 21.7 Å². The molecule has 0 unspecified atom stereocenters. The second kappa shape index (κ2) is 6.59. The molecule has 0 bridgehead atoms. The first-order chi connectivity index (χ1) is 11.0. The quantitative estimate of drug-likeness (QED) is 0.569. The van der Waals surface area contributed by atoms with E-state index in [1.54, 1.807) is 6.08 Å². The van der Waals surface area contributed by atoms with Crippen LogP contribution in [0.5, 0.6) is 0 Å². The summed E-state index contributed by atoms with van der Waals surface area (Å²) in [5, 5.41) is 20.3. The average molecular weight is 370 g/mol. The lowest BCUT2D eigenvalue weighted by Gasteiger charge is -2.35. The van der Waals surface area contributed by atoms with Crippen molar-refractivity contribution in [2.45, 2.75) is 51.6 Å². The number of hydroxylamine groups is 2. The van der Waals surface area contributed by atoms with Gasteiger partial charge < -0.3 is 10.3 Å². The van der Waals surface area contributed by atoms with E-state index in [1.807, 2.05) is 33.8 Å². The van der Waals surface area contributed by atoms with Crippen molar-refractivity contribution < 1.29 is 19.9 Å². The van der Waals surface area contributed by atoms with Crippen LogP contribution in [-0.4, -0.2) is 54.1 Å². The van der Waals surface area contributed by atoms with Gasteiger partial charge in [-0.2, -0.15) is 5.06 Å². The summed E-state index contributed by atoms with van der Waals surface area (Å²) in [5.41, 5.74) is -0.291. The SMILES string of the molecule is CC1(C)C=C(C=C2SC(=S)N(CCCC(=O)O)C2=O)C(C)(C)N1O. The lowest BCUT2D eigenvalue weighted by molar-refractivity contribution is -0.184.